The average Bonchev–Trinajstić information content (AvgIpc) is 3.02. The van der Waals surface area contributed by atoms with Crippen LogP contribution < -0.4 is 10.1 Å². The molecule has 6 nitrogen and oxygen atoms in total. The maximum Gasteiger partial charge on any atom is 0.322 e. The van der Waals surface area contributed by atoms with Crippen molar-refractivity contribution in [1.82, 2.24) is 10.2 Å². The Bertz CT molecular complexity index is 966. The third kappa shape index (κ3) is 4.27. The van der Waals surface area contributed by atoms with Crippen LogP contribution in [0.4, 0.5) is 14.8 Å². The van der Waals surface area contributed by atoms with Crippen LogP contribution in [0.2, 0.25) is 10.0 Å². The molecular formula is C16H9Cl2F2N3O3. The molecule has 0 fully saturated rings. The molecule has 0 radical (unpaired) electrons. The summed E-state index contributed by atoms with van der Waals surface area (Å²) in [5.41, 5.74) is -0.0939. The highest BCUT2D eigenvalue weighted by Crippen LogP contribution is 2.27. The number of anilines is 1. The highest BCUT2D eigenvalue weighted by molar-refractivity contribution is 6.35. The molecule has 0 saturated carbocycles. The second kappa shape index (κ2) is 7.67. The number of aromatic nitrogens is 2. The van der Waals surface area contributed by atoms with Gasteiger partial charge in [0.1, 0.15) is 17.4 Å². The third-order valence-corrected chi connectivity index (χ3v) is 3.62. The van der Waals surface area contributed by atoms with Gasteiger partial charge in [0.15, 0.2) is 6.61 Å². The summed E-state index contributed by atoms with van der Waals surface area (Å²) in [5.74, 6) is -2.15. The molecule has 1 amide bonds. The maximum atomic E-state index is 13.7. The average molecular weight is 400 g/mol. The Morgan fingerprint density at radius 2 is 1.96 bits per heavy atom. The molecule has 134 valence electrons. The summed E-state index contributed by atoms with van der Waals surface area (Å²) in [6.07, 6.45) is 0. The first-order valence-corrected chi connectivity index (χ1v) is 7.84. The van der Waals surface area contributed by atoms with Crippen LogP contribution >= 0.6 is 23.2 Å². The van der Waals surface area contributed by atoms with Gasteiger partial charge in [-0.15, -0.1) is 5.10 Å². The van der Waals surface area contributed by atoms with Gasteiger partial charge in [0.2, 0.25) is 0 Å². The van der Waals surface area contributed by atoms with Crippen LogP contribution in [-0.4, -0.2) is 22.7 Å². The SMILES string of the molecule is O=C(COc1ccc(Cl)cc1Cl)Nc1nnc(-c2ccc(F)cc2F)o1. The van der Waals surface area contributed by atoms with E-state index in [0.29, 0.717) is 11.1 Å². The van der Waals surface area contributed by atoms with Gasteiger partial charge in [-0.05, 0) is 30.3 Å². The van der Waals surface area contributed by atoms with E-state index in [1.807, 2.05) is 0 Å². The van der Waals surface area contributed by atoms with Crippen molar-refractivity contribution < 1.29 is 22.7 Å². The summed E-state index contributed by atoms with van der Waals surface area (Å²) in [7, 11) is 0. The van der Waals surface area contributed by atoms with E-state index in [2.05, 4.69) is 15.5 Å². The zero-order valence-electron chi connectivity index (χ0n) is 12.8. The summed E-state index contributed by atoms with van der Waals surface area (Å²) < 4.78 is 37.0. The quantitative estimate of drug-likeness (QED) is 0.690. The third-order valence-electron chi connectivity index (χ3n) is 3.09. The predicted octanol–water partition coefficient (Wildman–Crippen LogP) is 4.34. The number of hydrogen-bond acceptors (Lipinski definition) is 5. The number of ether oxygens (including phenoxy) is 1. The van der Waals surface area contributed by atoms with E-state index >= 15 is 0 Å². The van der Waals surface area contributed by atoms with Crippen molar-refractivity contribution >= 4 is 35.1 Å². The number of carbonyl (C=O) groups excluding carboxylic acids is 1. The van der Waals surface area contributed by atoms with E-state index in [9.17, 15) is 13.6 Å². The molecule has 0 spiro atoms. The standard InChI is InChI=1S/C16H9Cl2F2N3O3/c17-8-1-4-13(11(18)5-8)25-7-14(24)21-16-23-22-15(26-16)10-3-2-9(19)6-12(10)20/h1-6H,7H2,(H,21,23,24). The second-order valence-corrected chi connectivity index (χ2v) is 5.79. The van der Waals surface area contributed by atoms with Gasteiger partial charge in [0.25, 0.3) is 11.8 Å². The molecule has 0 bridgehead atoms. The van der Waals surface area contributed by atoms with Crippen molar-refractivity contribution in [3.05, 3.63) is 58.1 Å². The van der Waals surface area contributed by atoms with Crippen molar-refractivity contribution in [1.29, 1.82) is 0 Å². The van der Waals surface area contributed by atoms with Crippen LogP contribution in [0.25, 0.3) is 11.5 Å². The lowest BCUT2D eigenvalue weighted by molar-refractivity contribution is -0.118. The minimum absolute atomic E-state index is 0.0939. The van der Waals surface area contributed by atoms with Crippen molar-refractivity contribution in [3.8, 4) is 17.2 Å². The summed E-state index contributed by atoms with van der Waals surface area (Å²) in [4.78, 5) is 11.9. The van der Waals surface area contributed by atoms with Gasteiger partial charge in [-0.1, -0.05) is 28.3 Å². The molecule has 1 aromatic heterocycles. The molecular weight excluding hydrogens is 391 g/mol. The van der Waals surface area contributed by atoms with Crippen LogP contribution in [0.5, 0.6) is 5.75 Å². The van der Waals surface area contributed by atoms with E-state index in [4.69, 9.17) is 32.4 Å². The number of halogens is 4. The highest BCUT2D eigenvalue weighted by Gasteiger charge is 2.15. The van der Waals surface area contributed by atoms with Crippen LogP contribution in [0, 0.1) is 11.6 Å². The molecule has 3 aromatic rings. The van der Waals surface area contributed by atoms with Crippen LogP contribution in [0.15, 0.2) is 40.8 Å². The maximum absolute atomic E-state index is 13.7. The number of nitrogens with one attached hydrogen (secondary N) is 1. The van der Waals surface area contributed by atoms with Crippen LogP contribution in [0.1, 0.15) is 0 Å². The van der Waals surface area contributed by atoms with Crippen LogP contribution in [-0.2, 0) is 4.79 Å². The summed E-state index contributed by atoms with van der Waals surface area (Å²) in [6.45, 7) is -0.385. The molecule has 0 aliphatic heterocycles. The Hall–Kier alpha value is -2.71. The minimum Gasteiger partial charge on any atom is -0.482 e. The lowest BCUT2D eigenvalue weighted by Crippen LogP contribution is -2.20. The Labute approximate surface area is 155 Å². The number of benzene rings is 2. The molecule has 3 rings (SSSR count). The number of amides is 1. The predicted molar refractivity (Wildman–Crippen MR) is 90.2 cm³/mol. The number of nitrogens with zero attached hydrogens (tertiary/aromatic N) is 2. The fourth-order valence-corrected chi connectivity index (χ4v) is 2.40. The molecule has 26 heavy (non-hydrogen) atoms. The summed E-state index contributed by atoms with van der Waals surface area (Å²) in [5, 5.41) is 10.1. The first-order valence-electron chi connectivity index (χ1n) is 7.09. The van der Waals surface area contributed by atoms with Gasteiger partial charge in [-0.2, -0.15) is 0 Å². The largest absolute Gasteiger partial charge is 0.482 e. The fourth-order valence-electron chi connectivity index (χ4n) is 1.94. The van der Waals surface area contributed by atoms with Crippen molar-refractivity contribution in [2.45, 2.75) is 0 Å². The minimum atomic E-state index is -0.868. The first-order chi connectivity index (χ1) is 12.4. The Morgan fingerprint density at radius 3 is 2.69 bits per heavy atom. The Morgan fingerprint density at radius 1 is 1.15 bits per heavy atom. The van der Waals surface area contributed by atoms with Crippen LogP contribution in [0.3, 0.4) is 0 Å². The fraction of sp³-hybridized carbons (Fsp3) is 0.0625. The lowest BCUT2D eigenvalue weighted by Gasteiger charge is -2.07. The highest BCUT2D eigenvalue weighted by atomic mass is 35.5. The Kier molecular flexibility index (Phi) is 5.34. The monoisotopic (exact) mass is 399 g/mol. The van der Waals surface area contributed by atoms with E-state index < -0.39 is 17.5 Å². The summed E-state index contributed by atoms with van der Waals surface area (Å²) >= 11 is 11.7. The van der Waals surface area contributed by atoms with Gasteiger partial charge < -0.3 is 9.15 Å². The van der Waals surface area contributed by atoms with Crippen molar-refractivity contribution in [3.63, 3.8) is 0 Å². The molecule has 0 aliphatic rings. The molecule has 0 unspecified atom stereocenters. The van der Waals surface area contributed by atoms with Crippen molar-refractivity contribution in [2.24, 2.45) is 0 Å². The van der Waals surface area contributed by atoms with Gasteiger partial charge in [0.05, 0.1) is 10.6 Å². The zero-order chi connectivity index (χ0) is 18.7. The molecule has 1 heterocycles. The number of hydrogen-bond donors (Lipinski definition) is 1. The van der Waals surface area contributed by atoms with E-state index in [0.717, 1.165) is 12.1 Å². The van der Waals surface area contributed by atoms with Gasteiger partial charge in [-0.3, -0.25) is 10.1 Å². The van der Waals surface area contributed by atoms with Gasteiger partial charge in [0, 0.05) is 11.1 Å². The van der Waals surface area contributed by atoms with Gasteiger partial charge >= 0.3 is 6.01 Å². The van der Waals surface area contributed by atoms with E-state index in [1.165, 1.54) is 12.1 Å². The zero-order valence-corrected chi connectivity index (χ0v) is 14.3. The van der Waals surface area contributed by atoms with Crippen molar-refractivity contribution in [2.75, 3.05) is 11.9 Å². The second-order valence-electron chi connectivity index (χ2n) is 4.95. The summed E-state index contributed by atoms with van der Waals surface area (Å²) in [6, 6.07) is 7.15. The molecule has 10 heteroatoms. The Balaban J connectivity index is 1.62. The molecule has 2 aromatic carbocycles. The number of carbonyl (C=O) groups is 1. The van der Waals surface area contributed by atoms with Gasteiger partial charge in [-0.25, -0.2) is 8.78 Å². The smallest absolute Gasteiger partial charge is 0.322 e. The topological polar surface area (TPSA) is 77.2 Å². The molecule has 0 atom stereocenters. The molecule has 0 saturated heterocycles. The van der Waals surface area contributed by atoms with E-state index in [1.54, 1.807) is 6.07 Å². The lowest BCUT2D eigenvalue weighted by atomic mass is 10.2. The number of rotatable bonds is 5. The molecule has 1 N–H and O–H groups in total. The first kappa shape index (κ1) is 18.1. The molecule has 0 aliphatic carbocycles. The normalized spacial score (nSPS) is 10.6. The van der Waals surface area contributed by atoms with E-state index in [-0.39, 0.29) is 34.8 Å².